The molecule has 4 rings (SSSR count). The number of urea groups is 1. The van der Waals surface area contributed by atoms with Gasteiger partial charge in [-0.3, -0.25) is 0 Å². The van der Waals surface area contributed by atoms with Gasteiger partial charge in [-0.25, -0.2) is 14.8 Å². The maximum absolute atomic E-state index is 12.6. The normalized spacial score (nSPS) is 17.1. The van der Waals surface area contributed by atoms with Gasteiger partial charge in [0.15, 0.2) is 5.65 Å². The molecule has 1 N–H and O–H groups in total. The van der Waals surface area contributed by atoms with Gasteiger partial charge in [0, 0.05) is 31.5 Å². The fourth-order valence-electron chi connectivity index (χ4n) is 3.58. The number of hydrogen-bond donors (Lipinski definition) is 1. The van der Waals surface area contributed by atoms with Crippen molar-refractivity contribution in [3.05, 3.63) is 48.9 Å². The molecule has 1 atom stereocenters. The number of carbonyl (C=O) groups is 1. The van der Waals surface area contributed by atoms with Gasteiger partial charge in [0.25, 0.3) is 0 Å². The summed E-state index contributed by atoms with van der Waals surface area (Å²) in [5.41, 5.74) is 2.58. The Hall–Kier alpha value is -3.09. The number of fused-ring (bicyclic) bond motifs is 1. The van der Waals surface area contributed by atoms with Gasteiger partial charge in [0.1, 0.15) is 11.3 Å². The molecule has 0 saturated carbocycles. The molecule has 0 bridgehead atoms. The minimum absolute atomic E-state index is 0.0570. The van der Waals surface area contributed by atoms with Crippen molar-refractivity contribution < 1.29 is 9.53 Å². The van der Waals surface area contributed by atoms with Crippen molar-refractivity contribution in [1.82, 2.24) is 19.4 Å². The van der Waals surface area contributed by atoms with Gasteiger partial charge in [-0.15, -0.1) is 0 Å². The number of aromatic nitrogens is 3. The lowest BCUT2D eigenvalue weighted by Gasteiger charge is -2.33. The summed E-state index contributed by atoms with van der Waals surface area (Å²) in [4.78, 5) is 23.4. The van der Waals surface area contributed by atoms with Crippen LogP contribution < -0.4 is 10.1 Å². The maximum atomic E-state index is 12.6. The molecule has 27 heavy (non-hydrogen) atoms. The Morgan fingerprint density at radius 1 is 1.26 bits per heavy atom. The number of pyridine rings is 1. The first-order valence-corrected chi connectivity index (χ1v) is 9.19. The number of nitrogens with one attached hydrogen (secondary N) is 1. The largest absolute Gasteiger partial charge is 0.497 e. The second-order valence-corrected chi connectivity index (χ2v) is 6.86. The predicted molar refractivity (Wildman–Crippen MR) is 104 cm³/mol. The monoisotopic (exact) mass is 365 g/mol. The van der Waals surface area contributed by atoms with Crippen LogP contribution in [0.2, 0.25) is 0 Å². The molecule has 3 aromatic rings. The van der Waals surface area contributed by atoms with E-state index in [4.69, 9.17) is 4.74 Å². The zero-order valence-electron chi connectivity index (χ0n) is 15.3. The van der Waals surface area contributed by atoms with Crippen LogP contribution in [0.3, 0.4) is 0 Å². The Balaban J connectivity index is 1.39. The van der Waals surface area contributed by atoms with Crippen LogP contribution in [0.5, 0.6) is 5.75 Å². The van der Waals surface area contributed by atoms with Crippen LogP contribution >= 0.6 is 0 Å². The Morgan fingerprint density at radius 3 is 2.93 bits per heavy atom. The molecule has 0 radical (unpaired) electrons. The number of carbonyl (C=O) groups excluding carboxylic acids is 1. The van der Waals surface area contributed by atoms with Crippen LogP contribution in [0.25, 0.3) is 11.2 Å². The molecule has 140 valence electrons. The highest BCUT2D eigenvalue weighted by Crippen LogP contribution is 2.22. The lowest BCUT2D eigenvalue weighted by Crippen LogP contribution is -2.43. The Kier molecular flexibility index (Phi) is 4.91. The van der Waals surface area contributed by atoms with Gasteiger partial charge < -0.3 is 19.5 Å². The van der Waals surface area contributed by atoms with E-state index in [-0.39, 0.29) is 6.03 Å². The van der Waals surface area contributed by atoms with E-state index in [0.717, 1.165) is 55.1 Å². The molecule has 0 spiro atoms. The van der Waals surface area contributed by atoms with Gasteiger partial charge in [-0.05, 0) is 55.2 Å². The second-order valence-electron chi connectivity index (χ2n) is 6.86. The van der Waals surface area contributed by atoms with Gasteiger partial charge in [0.2, 0.25) is 0 Å². The highest BCUT2D eigenvalue weighted by Gasteiger charge is 2.24. The summed E-state index contributed by atoms with van der Waals surface area (Å²) < 4.78 is 7.24. The number of nitrogens with zero attached hydrogens (tertiary/aromatic N) is 4. The molecule has 1 aliphatic heterocycles. The molecule has 1 unspecified atom stereocenters. The number of imidazole rings is 1. The van der Waals surface area contributed by atoms with Crippen LogP contribution in [0.1, 0.15) is 12.8 Å². The first-order chi connectivity index (χ1) is 13.2. The minimum Gasteiger partial charge on any atom is -0.497 e. The highest BCUT2D eigenvalue weighted by molar-refractivity contribution is 5.89. The van der Waals surface area contributed by atoms with Crippen molar-refractivity contribution in [1.29, 1.82) is 0 Å². The molecular formula is C20H23N5O2. The Bertz CT molecular complexity index is 922. The number of benzene rings is 1. The molecule has 2 amide bonds. The van der Waals surface area contributed by atoms with Crippen LogP contribution in [0.4, 0.5) is 10.5 Å². The van der Waals surface area contributed by atoms with Crippen LogP contribution in [-0.4, -0.2) is 45.7 Å². The van der Waals surface area contributed by atoms with Crippen molar-refractivity contribution in [3.8, 4) is 5.75 Å². The van der Waals surface area contributed by atoms with E-state index in [9.17, 15) is 4.79 Å². The SMILES string of the molecule is COc1ccc(NC(=O)N2CCCC(Cn3cnc4cccnc43)C2)cc1. The van der Waals surface area contributed by atoms with Crippen molar-refractivity contribution in [2.75, 3.05) is 25.5 Å². The molecule has 0 aliphatic carbocycles. The van der Waals surface area contributed by atoms with E-state index >= 15 is 0 Å². The van der Waals surface area contributed by atoms with Crippen molar-refractivity contribution >= 4 is 22.9 Å². The van der Waals surface area contributed by atoms with Crippen molar-refractivity contribution in [2.45, 2.75) is 19.4 Å². The zero-order valence-corrected chi connectivity index (χ0v) is 15.3. The van der Waals surface area contributed by atoms with Gasteiger partial charge >= 0.3 is 6.03 Å². The number of ether oxygens (including phenoxy) is 1. The third-order valence-corrected chi connectivity index (χ3v) is 4.98. The minimum atomic E-state index is -0.0570. The van der Waals surface area contributed by atoms with Crippen LogP contribution in [-0.2, 0) is 6.54 Å². The number of rotatable bonds is 4. The summed E-state index contributed by atoms with van der Waals surface area (Å²) in [5.74, 6) is 1.16. The smallest absolute Gasteiger partial charge is 0.321 e. The predicted octanol–water partition coefficient (Wildman–Crippen LogP) is 3.38. The standard InChI is InChI=1S/C20H23N5O2/c1-27-17-8-6-16(7-9-17)23-20(26)24-11-3-4-15(12-24)13-25-14-22-18-5-2-10-21-19(18)25/h2,5-10,14-15H,3-4,11-13H2,1H3,(H,23,26). The highest BCUT2D eigenvalue weighted by atomic mass is 16.5. The van der Waals surface area contributed by atoms with Crippen LogP contribution in [0, 0.1) is 5.92 Å². The average molecular weight is 365 g/mol. The fourth-order valence-corrected chi connectivity index (χ4v) is 3.58. The summed E-state index contributed by atoms with van der Waals surface area (Å²) >= 11 is 0. The van der Waals surface area contributed by atoms with Crippen molar-refractivity contribution in [2.24, 2.45) is 5.92 Å². The molecule has 7 heteroatoms. The lowest BCUT2D eigenvalue weighted by atomic mass is 9.98. The topological polar surface area (TPSA) is 72.3 Å². The third kappa shape index (κ3) is 3.86. The molecule has 1 saturated heterocycles. The maximum Gasteiger partial charge on any atom is 0.321 e. The van der Waals surface area contributed by atoms with Crippen molar-refractivity contribution in [3.63, 3.8) is 0 Å². The number of piperidine rings is 1. The molecule has 1 fully saturated rings. The van der Waals surface area contributed by atoms with E-state index in [1.54, 1.807) is 13.3 Å². The summed E-state index contributed by atoms with van der Waals surface area (Å²) in [6.45, 7) is 2.33. The number of hydrogen-bond acceptors (Lipinski definition) is 4. The van der Waals surface area contributed by atoms with E-state index in [1.807, 2.05) is 47.6 Å². The third-order valence-electron chi connectivity index (χ3n) is 4.98. The van der Waals surface area contributed by atoms with E-state index < -0.39 is 0 Å². The number of likely N-dealkylation sites (tertiary alicyclic amines) is 1. The van der Waals surface area contributed by atoms with Crippen LogP contribution in [0.15, 0.2) is 48.9 Å². The first-order valence-electron chi connectivity index (χ1n) is 9.19. The summed E-state index contributed by atoms with van der Waals surface area (Å²) in [6.07, 6.45) is 5.73. The summed E-state index contributed by atoms with van der Waals surface area (Å²) in [5, 5.41) is 2.97. The molecule has 1 aromatic carbocycles. The Labute approximate surface area is 158 Å². The van der Waals surface area contributed by atoms with E-state index in [0.29, 0.717) is 5.92 Å². The molecular weight excluding hydrogens is 342 g/mol. The van der Waals surface area contributed by atoms with E-state index in [2.05, 4.69) is 19.9 Å². The summed E-state index contributed by atoms with van der Waals surface area (Å²) in [7, 11) is 1.63. The quantitative estimate of drug-likeness (QED) is 0.769. The van der Waals surface area contributed by atoms with Gasteiger partial charge in [0.05, 0.1) is 13.4 Å². The fraction of sp³-hybridized carbons (Fsp3) is 0.350. The first kappa shape index (κ1) is 17.3. The zero-order chi connectivity index (χ0) is 18.6. The Morgan fingerprint density at radius 2 is 2.11 bits per heavy atom. The second kappa shape index (κ2) is 7.65. The molecule has 7 nitrogen and oxygen atoms in total. The number of methoxy groups -OCH3 is 1. The number of anilines is 1. The summed E-state index contributed by atoms with van der Waals surface area (Å²) in [6, 6.07) is 11.2. The average Bonchev–Trinajstić information content (AvgIpc) is 3.12. The van der Waals surface area contributed by atoms with E-state index in [1.165, 1.54) is 0 Å². The molecule has 2 aromatic heterocycles. The molecule has 3 heterocycles. The lowest BCUT2D eigenvalue weighted by molar-refractivity contribution is 0.171. The van der Waals surface area contributed by atoms with Gasteiger partial charge in [-0.1, -0.05) is 0 Å². The molecule has 1 aliphatic rings. The van der Waals surface area contributed by atoms with Gasteiger partial charge in [-0.2, -0.15) is 0 Å². The number of amides is 2.